The summed E-state index contributed by atoms with van der Waals surface area (Å²) in [6.45, 7) is 0.651. The third kappa shape index (κ3) is 5.41. The topological polar surface area (TPSA) is 42.5 Å². The third-order valence-corrected chi connectivity index (χ3v) is 3.47. The summed E-state index contributed by atoms with van der Waals surface area (Å²) < 4.78 is 23.3. The average molecular weight is 334 g/mol. The Morgan fingerprint density at radius 2 is 1.65 bits per heavy atom. The second kappa shape index (κ2) is 8.33. The molecular formula is C17H19FN2O2S. The number of methoxy groups -OCH3 is 2. The highest BCUT2D eigenvalue weighted by Crippen LogP contribution is 2.25. The van der Waals surface area contributed by atoms with Gasteiger partial charge in [0.1, 0.15) is 17.3 Å². The molecule has 4 nitrogen and oxygen atoms in total. The van der Waals surface area contributed by atoms with E-state index in [2.05, 4.69) is 10.6 Å². The second-order valence-corrected chi connectivity index (χ2v) is 5.27. The van der Waals surface area contributed by atoms with E-state index in [-0.39, 0.29) is 5.82 Å². The molecule has 2 N–H and O–H groups in total. The summed E-state index contributed by atoms with van der Waals surface area (Å²) in [6.07, 6.45) is 0.754. The van der Waals surface area contributed by atoms with Crippen molar-refractivity contribution in [3.05, 3.63) is 53.8 Å². The Morgan fingerprint density at radius 1 is 1.04 bits per heavy atom. The Kier molecular flexibility index (Phi) is 6.17. The zero-order valence-electron chi connectivity index (χ0n) is 13.1. The SMILES string of the molecule is COc1cc(NC(=S)NCCc2ccc(F)cc2)cc(OC)c1. The van der Waals surface area contributed by atoms with Crippen LogP contribution in [-0.2, 0) is 6.42 Å². The van der Waals surface area contributed by atoms with Crippen molar-refractivity contribution in [1.82, 2.24) is 5.32 Å². The van der Waals surface area contributed by atoms with Gasteiger partial charge in [0, 0.05) is 30.4 Å². The van der Waals surface area contributed by atoms with E-state index in [1.54, 1.807) is 32.4 Å². The van der Waals surface area contributed by atoms with E-state index >= 15 is 0 Å². The van der Waals surface area contributed by atoms with Gasteiger partial charge >= 0.3 is 0 Å². The van der Waals surface area contributed by atoms with E-state index in [9.17, 15) is 4.39 Å². The van der Waals surface area contributed by atoms with Crippen LogP contribution < -0.4 is 20.1 Å². The predicted molar refractivity (Wildman–Crippen MR) is 93.9 cm³/mol. The van der Waals surface area contributed by atoms with Crippen molar-refractivity contribution in [2.45, 2.75) is 6.42 Å². The molecule has 0 saturated carbocycles. The van der Waals surface area contributed by atoms with Crippen LogP contribution in [0.25, 0.3) is 0 Å². The molecule has 2 rings (SSSR count). The predicted octanol–water partition coefficient (Wildman–Crippen LogP) is 3.37. The minimum Gasteiger partial charge on any atom is -0.497 e. The van der Waals surface area contributed by atoms with E-state index in [1.807, 2.05) is 12.1 Å². The first kappa shape index (κ1) is 17.0. The highest BCUT2D eigenvalue weighted by atomic mass is 32.1. The number of hydrogen-bond acceptors (Lipinski definition) is 3. The Balaban J connectivity index is 1.85. The first-order chi connectivity index (χ1) is 11.1. The van der Waals surface area contributed by atoms with Crippen molar-refractivity contribution in [3.63, 3.8) is 0 Å². The fourth-order valence-corrected chi connectivity index (χ4v) is 2.25. The van der Waals surface area contributed by atoms with Crippen molar-refractivity contribution in [3.8, 4) is 11.5 Å². The van der Waals surface area contributed by atoms with Gasteiger partial charge in [-0.25, -0.2) is 4.39 Å². The van der Waals surface area contributed by atoms with Gasteiger partial charge in [-0.2, -0.15) is 0 Å². The first-order valence-corrected chi connectivity index (χ1v) is 7.54. The van der Waals surface area contributed by atoms with Crippen molar-refractivity contribution >= 4 is 23.0 Å². The largest absolute Gasteiger partial charge is 0.497 e. The van der Waals surface area contributed by atoms with Crippen LogP contribution in [0, 0.1) is 5.82 Å². The molecule has 0 saturated heterocycles. The van der Waals surface area contributed by atoms with Crippen molar-refractivity contribution in [2.24, 2.45) is 0 Å². The van der Waals surface area contributed by atoms with Crippen LogP contribution in [0.5, 0.6) is 11.5 Å². The van der Waals surface area contributed by atoms with Crippen LogP contribution in [0.1, 0.15) is 5.56 Å². The maximum atomic E-state index is 12.8. The molecule has 0 aliphatic heterocycles. The summed E-state index contributed by atoms with van der Waals surface area (Å²) >= 11 is 5.27. The molecule has 6 heteroatoms. The number of thiocarbonyl (C=S) groups is 1. The molecule has 2 aromatic rings. The normalized spacial score (nSPS) is 10.0. The number of halogens is 1. The van der Waals surface area contributed by atoms with Crippen LogP contribution in [0.2, 0.25) is 0 Å². The molecule has 0 bridgehead atoms. The van der Waals surface area contributed by atoms with Crippen molar-refractivity contribution in [1.29, 1.82) is 0 Å². The molecule has 0 unspecified atom stereocenters. The number of nitrogens with one attached hydrogen (secondary N) is 2. The molecule has 0 fully saturated rings. The molecule has 0 aromatic heterocycles. The maximum Gasteiger partial charge on any atom is 0.170 e. The molecule has 23 heavy (non-hydrogen) atoms. The summed E-state index contributed by atoms with van der Waals surface area (Å²) in [5.74, 6) is 1.13. The lowest BCUT2D eigenvalue weighted by atomic mass is 10.1. The molecule has 0 spiro atoms. The maximum absolute atomic E-state index is 12.8. The smallest absolute Gasteiger partial charge is 0.170 e. The van der Waals surface area contributed by atoms with Crippen LogP contribution in [0.3, 0.4) is 0 Å². The van der Waals surface area contributed by atoms with Gasteiger partial charge in [0.25, 0.3) is 0 Å². The Morgan fingerprint density at radius 3 is 2.22 bits per heavy atom. The summed E-state index contributed by atoms with van der Waals surface area (Å²) in [7, 11) is 3.19. The number of benzene rings is 2. The van der Waals surface area contributed by atoms with Gasteiger partial charge in [-0.3, -0.25) is 0 Å². The molecule has 122 valence electrons. The fraction of sp³-hybridized carbons (Fsp3) is 0.235. The van der Waals surface area contributed by atoms with Crippen LogP contribution >= 0.6 is 12.2 Å². The van der Waals surface area contributed by atoms with Gasteiger partial charge in [-0.1, -0.05) is 12.1 Å². The van der Waals surface area contributed by atoms with Gasteiger partial charge < -0.3 is 20.1 Å². The summed E-state index contributed by atoms with van der Waals surface area (Å²) in [5, 5.41) is 6.70. The van der Waals surface area contributed by atoms with Crippen LogP contribution in [0.4, 0.5) is 10.1 Å². The number of ether oxygens (including phenoxy) is 2. The minimum absolute atomic E-state index is 0.231. The Labute approximate surface area is 140 Å². The lowest BCUT2D eigenvalue weighted by molar-refractivity contribution is 0.395. The van der Waals surface area contributed by atoms with Crippen LogP contribution in [-0.4, -0.2) is 25.9 Å². The molecule has 2 aromatic carbocycles. The van der Waals surface area contributed by atoms with Crippen molar-refractivity contribution in [2.75, 3.05) is 26.1 Å². The quantitative estimate of drug-likeness (QED) is 0.793. The lowest BCUT2D eigenvalue weighted by Gasteiger charge is -2.13. The molecular weight excluding hydrogens is 315 g/mol. The van der Waals surface area contributed by atoms with Gasteiger partial charge in [-0.05, 0) is 36.3 Å². The fourth-order valence-electron chi connectivity index (χ4n) is 2.03. The second-order valence-electron chi connectivity index (χ2n) is 4.86. The van der Waals surface area contributed by atoms with E-state index in [1.165, 1.54) is 12.1 Å². The highest BCUT2D eigenvalue weighted by Gasteiger charge is 2.04. The van der Waals surface area contributed by atoms with Gasteiger partial charge in [0.2, 0.25) is 0 Å². The number of rotatable bonds is 6. The van der Waals surface area contributed by atoms with E-state index < -0.39 is 0 Å². The Bertz CT molecular complexity index is 640. The number of hydrogen-bond donors (Lipinski definition) is 2. The Hall–Kier alpha value is -2.34. The van der Waals surface area contributed by atoms with E-state index in [4.69, 9.17) is 21.7 Å². The van der Waals surface area contributed by atoms with Gasteiger partial charge in [-0.15, -0.1) is 0 Å². The standard InChI is InChI=1S/C17H19FN2O2S/c1-21-15-9-14(10-16(11-15)22-2)20-17(23)19-8-7-12-3-5-13(18)6-4-12/h3-6,9-11H,7-8H2,1-2H3,(H2,19,20,23). The zero-order chi connectivity index (χ0) is 16.7. The highest BCUT2D eigenvalue weighted by molar-refractivity contribution is 7.80. The zero-order valence-corrected chi connectivity index (χ0v) is 13.9. The van der Waals surface area contributed by atoms with E-state index in [0.29, 0.717) is 23.2 Å². The molecule has 0 heterocycles. The monoisotopic (exact) mass is 334 g/mol. The summed E-state index contributed by atoms with van der Waals surface area (Å²) in [4.78, 5) is 0. The average Bonchev–Trinajstić information content (AvgIpc) is 2.56. The summed E-state index contributed by atoms with van der Waals surface area (Å²) in [5.41, 5.74) is 1.82. The number of anilines is 1. The third-order valence-electron chi connectivity index (χ3n) is 3.22. The van der Waals surface area contributed by atoms with Gasteiger partial charge in [0.15, 0.2) is 5.11 Å². The molecule has 0 atom stereocenters. The molecule has 0 aliphatic rings. The lowest BCUT2D eigenvalue weighted by Crippen LogP contribution is -2.30. The molecule has 0 aliphatic carbocycles. The molecule has 0 radical (unpaired) electrons. The molecule has 0 amide bonds. The van der Waals surface area contributed by atoms with Crippen molar-refractivity contribution < 1.29 is 13.9 Å². The first-order valence-electron chi connectivity index (χ1n) is 7.13. The minimum atomic E-state index is -0.231. The summed E-state index contributed by atoms with van der Waals surface area (Å²) in [6, 6.07) is 11.9. The van der Waals surface area contributed by atoms with E-state index in [0.717, 1.165) is 17.7 Å². The van der Waals surface area contributed by atoms with Crippen LogP contribution in [0.15, 0.2) is 42.5 Å². The van der Waals surface area contributed by atoms with Gasteiger partial charge in [0.05, 0.1) is 14.2 Å².